The number of nitrogens with two attached hydrogens (primary N) is 2. The molecule has 88 valence electrons. The fraction of sp³-hybridized carbons (Fsp3) is 0. The highest BCUT2D eigenvalue weighted by atomic mass is 14.9. The standard InChI is InChI=1S/C14H12N4/c15-13-7-6-11(14(16)18-13)9-3-1-5-12-10(9)4-2-8-17-12/h1-8H,(H4,15,16,18). The van der Waals surface area contributed by atoms with E-state index in [2.05, 4.69) is 9.97 Å². The largest absolute Gasteiger partial charge is 0.384 e. The number of hydrogen-bond donors (Lipinski definition) is 2. The van der Waals surface area contributed by atoms with E-state index < -0.39 is 0 Å². The summed E-state index contributed by atoms with van der Waals surface area (Å²) in [5.41, 5.74) is 14.4. The molecule has 4 heteroatoms. The third kappa shape index (κ3) is 1.64. The third-order valence-electron chi connectivity index (χ3n) is 2.88. The van der Waals surface area contributed by atoms with Gasteiger partial charge < -0.3 is 11.5 Å². The molecule has 1 aromatic carbocycles. The van der Waals surface area contributed by atoms with Crippen LogP contribution in [0.15, 0.2) is 48.7 Å². The predicted molar refractivity (Wildman–Crippen MR) is 73.8 cm³/mol. The van der Waals surface area contributed by atoms with E-state index in [4.69, 9.17) is 11.5 Å². The number of aromatic nitrogens is 2. The molecule has 0 radical (unpaired) electrons. The fourth-order valence-electron chi connectivity index (χ4n) is 2.06. The summed E-state index contributed by atoms with van der Waals surface area (Å²) in [4.78, 5) is 8.42. The number of benzene rings is 1. The van der Waals surface area contributed by atoms with Crippen molar-refractivity contribution in [2.24, 2.45) is 0 Å². The van der Waals surface area contributed by atoms with Gasteiger partial charge in [0.15, 0.2) is 0 Å². The van der Waals surface area contributed by atoms with E-state index in [1.807, 2.05) is 36.4 Å². The first-order valence-electron chi connectivity index (χ1n) is 5.62. The maximum Gasteiger partial charge on any atom is 0.133 e. The molecule has 0 bridgehead atoms. The van der Waals surface area contributed by atoms with Crippen LogP contribution in [0.1, 0.15) is 0 Å². The maximum absolute atomic E-state index is 5.93. The zero-order valence-electron chi connectivity index (χ0n) is 9.67. The highest BCUT2D eigenvalue weighted by Crippen LogP contribution is 2.31. The maximum atomic E-state index is 5.93. The van der Waals surface area contributed by atoms with Gasteiger partial charge in [0, 0.05) is 17.1 Å². The van der Waals surface area contributed by atoms with Gasteiger partial charge in [0.2, 0.25) is 0 Å². The summed E-state index contributed by atoms with van der Waals surface area (Å²) in [6, 6.07) is 13.5. The highest BCUT2D eigenvalue weighted by molar-refractivity contribution is 5.97. The molecule has 3 aromatic rings. The van der Waals surface area contributed by atoms with Crippen molar-refractivity contribution in [1.29, 1.82) is 0 Å². The molecule has 0 saturated heterocycles. The minimum absolute atomic E-state index is 0.426. The molecule has 0 aliphatic heterocycles. The number of rotatable bonds is 1. The molecule has 18 heavy (non-hydrogen) atoms. The first-order chi connectivity index (χ1) is 8.75. The summed E-state index contributed by atoms with van der Waals surface area (Å²) in [6.07, 6.45) is 1.77. The second-order valence-corrected chi connectivity index (χ2v) is 4.04. The first kappa shape index (κ1) is 10.5. The summed E-state index contributed by atoms with van der Waals surface area (Å²) in [7, 11) is 0. The van der Waals surface area contributed by atoms with Crippen LogP contribution in [-0.2, 0) is 0 Å². The summed E-state index contributed by atoms with van der Waals surface area (Å²) < 4.78 is 0. The normalized spacial score (nSPS) is 10.7. The molecule has 0 saturated carbocycles. The Morgan fingerprint density at radius 1 is 0.833 bits per heavy atom. The molecule has 2 aromatic heterocycles. The Morgan fingerprint density at radius 2 is 1.72 bits per heavy atom. The average molecular weight is 236 g/mol. The van der Waals surface area contributed by atoms with Crippen LogP contribution < -0.4 is 11.5 Å². The monoisotopic (exact) mass is 236 g/mol. The molecule has 2 heterocycles. The van der Waals surface area contributed by atoms with Gasteiger partial charge in [0.1, 0.15) is 11.6 Å². The molecule has 0 atom stereocenters. The van der Waals surface area contributed by atoms with Crippen molar-refractivity contribution in [1.82, 2.24) is 9.97 Å². The van der Waals surface area contributed by atoms with Gasteiger partial charge in [-0.2, -0.15) is 0 Å². The van der Waals surface area contributed by atoms with Gasteiger partial charge in [-0.3, -0.25) is 4.98 Å². The summed E-state index contributed by atoms with van der Waals surface area (Å²) in [6.45, 7) is 0. The van der Waals surface area contributed by atoms with Crippen molar-refractivity contribution < 1.29 is 0 Å². The van der Waals surface area contributed by atoms with Crippen LogP contribution in [0.2, 0.25) is 0 Å². The molecule has 0 aliphatic rings. The molecule has 3 rings (SSSR count). The van der Waals surface area contributed by atoms with Crippen molar-refractivity contribution >= 4 is 22.5 Å². The Kier molecular flexibility index (Phi) is 2.34. The van der Waals surface area contributed by atoms with Crippen LogP contribution in [0.25, 0.3) is 22.0 Å². The summed E-state index contributed by atoms with van der Waals surface area (Å²) in [5.74, 6) is 0.862. The molecule has 4 N–H and O–H groups in total. The molecule has 0 aliphatic carbocycles. The average Bonchev–Trinajstić information content (AvgIpc) is 2.38. The van der Waals surface area contributed by atoms with Crippen LogP contribution in [0.3, 0.4) is 0 Å². The number of hydrogen-bond acceptors (Lipinski definition) is 4. The Hall–Kier alpha value is -2.62. The van der Waals surface area contributed by atoms with Gasteiger partial charge in [0.05, 0.1) is 5.52 Å². The van der Waals surface area contributed by atoms with Crippen molar-refractivity contribution in [3.8, 4) is 11.1 Å². The Labute approximate surface area is 104 Å². The van der Waals surface area contributed by atoms with Crippen LogP contribution in [0, 0.1) is 0 Å². The van der Waals surface area contributed by atoms with E-state index >= 15 is 0 Å². The van der Waals surface area contributed by atoms with Gasteiger partial charge in [-0.05, 0) is 29.8 Å². The summed E-state index contributed by atoms with van der Waals surface area (Å²) in [5, 5.41) is 1.05. The number of nitrogen functional groups attached to an aromatic ring is 2. The third-order valence-corrected chi connectivity index (χ3v) is 2.88. The Morgan fingerprint density at radius 3 is 2.56 bits per heavy atom. The zero-order chi connectivity index (χ0) is 12.5. The molecule has 4 nitrogen and oxygen atoms in total. The molecule has 0 fully saturated rings. The van der Waals surface area contributed by atoms with Gasteiger partial charge in [-0.1, -0.05) is 18.2 Å². The lowest BCUT2D eigenvalue weighted by Crippen LogP contribution is -1.98. The van der Waals surface area contributed by atoms with E-state index in [9.17, 15) is 0 Å². The SMILES string of the molecule is Nc1ccc(-c2cccc3ncccc23)c(N)n1. The molecule has 0 amide bonds. The van der Waals surface area contributed by atoms with E-state index in [0.29, 0.717) is 11.6 Å². The van der Waals surface area contributed by atoms with Crippen LogP contribution in [0.5, 0.6) is 0 Å². The lowest BCUT2D eigenvalue weighted by molar-refractivity contribution is 1.34. The van der Waals surface area contributed by atoms with Gasteiger partial charge in [-0.25, -0.2) is 4.98 Å². The number of nitrogens with zero attached hydrogens (tertiary/aromatic N) is 2. The molecular formula is C14H12N4. The van der Waals surface area contributed by atoms with Crippen LogP contribution >= 0.6 is 0 Å². The van der Waals surface area contributed by atoms with Crippen LogP contribution in [-0.4, -0.2) is 9.97 Å². The quantitative estimate of drug-likeness (QED) is 0.680. The highest BCUT2D eigenvalue weighted by Gasteiger charge is 2.08. The number of anilines is 2. The zero-order valence-corrected chi connectivity index (χ0v) is 9.67. The Balaban J connectivity index is 2.31. The summed E-state index contributed by atoms with van der Waals surface area (Å²) >= 11 is 0. The Bertz CT molecular complexity index is 717. The topological polar surface area (TPSA) is 77.8 Å². The van der Waals surface area contributed by atoms with Crippen LogP contribution in [0.4, 0.5) is 11.6 Å². The van der Waals surface area contributed by atoms with E-state index in [-0.39, 0.29) is 0 Å². The van der Waals surface area contributed by atoms with Crippen molar-refractivity contribution in [3.63, 3.8) is 0 Å². The van der Waals surface area contributed by atoms with Gasteiger partial charge in [0.25, 0.3) is 0 Å². The number of pyridine rings is 2. The van der Waals surface area contributed by atoms with Crippen molar-refractivity contribution in [3.05, 3.63) is 48.7 Å². The van der Waals surface area contributed by atoms with Gasteiger partial charge >= 0.3 is 0 Å². The lowest BCUT2D eigenvalue weighted by atomic mass is 10.0. The first-order valence-corrected chi connectivity index (χ1v) is 5.62. The van der Waals surface area contributed by atoms with Crippen molar-refractivity contribution in [2.75, 3.05) is 11.5 Å². The van der Waals surface area contributed by atoms with Gasteiger partial charge in [-0.15, -0.1) is 0 Å². The second kappa shape index (κ2) is 4.00. The molecular weight excluding hydrogens is 224 g/mol. The van der Waals surface area contributed by atoms with E-state index in [1.54, 1.807) is 12.3 Å². The van der Waals surface area contributed by atoms with Crippen molar-refractivity contribution in [2.45, 2.75) is 0 Å². The van der Waals surface area contributed by atoms with E-state index in [1.165, 1.54) is 0 Å². The molecule has 0 unspecified atom stereocenters. The lowest BCUT2D eigenvalue weighted by Gasteiger charge is -2.08. The minimum atomic E-state index is 0.426. The molecule has 0 spiro atoms. The minimum Gasteiger partial charge on any atom is -0.384 e. The predicted octanol–water partition coefficient (Wildman–Crippen LogP) is 2.46. The van der Waals surface area contributed by atoms with E-state index in [0.717, 1.165) is 22.0 Å². The smallest absolute Gasteiger partial charge is 0.133 e. The second-order valence-electron chi connectivity index (χ2n) is 4.04. The number of fused-ring (bicyclic) bond motifs is 1. The fourth-order valence-corrected chi connectivity index (χ4v) is 2.06.